The molecule has 6 heteroatoms. The van der Waals surface area contributed by atoms with E-state index < -0.39 is 17.9 Å². The third-order valence-electron chi connectivity index (χ3n) is 5.28. The first-order valence-corrected chi connectivity index (χ1v) is 10.8. The lowest BCUT2D eigenvalue weighted by Crippen LogP contribution is -2.31. The van der Waals surface area contributed by atoms with Gasteiger partial charge in [0.2, 0.25) is 0 Å². The Morgan fingerprint density at radius 1 is 1.06 bits per heavy atom. The molecule has 2 amide bonds. The van der Waals surface area contributed by atoms with Crippen molar-refractivity contribution >= 4 is 17.5 Å². The summed E-state index contributed by atoms with van der Waals surface area (Å²) in [7, 11) is 0. The van der Waals surface area contributed by atoms with Gasteiger partial charge in [-0.1, -0.05) is 56.0 Å². The third-order valence-corrected chi connectivity index (χ3v) is 5.28. The van der Waals surface area contributed by atoms with Crippen LogP contribution < -0.4 is 15.4 Å². The van der Waals surface area contributed by atoms with Gasteiger partial charge in [-0.05, 0) is 49.6 Å². The topological polar surface area (TPSA) is 87.7 Å². The Morgan fingerprint density at radius 2 is 1.77 bits per heavy atom. The molecule has 6 nitrogen and oxygen atoms in total. The van der Waals surface area contributed by atoms with Crippen LogP contribution in [0.1, 0.15) is 43.7 Å². The predicted molar refractivity (Wildman–Crippen MR) is 121 cm³/mol. The van der Waals surface area contributed by atoms with Gasteiger partial charge in [0.1, 0.15) is 17.1 Å². The fourth-order valence-electron chi connectivity index (χ4n) is 3.46. The number of carbonyl (C=O) groups excluding carboxylic acids is 2. The fourth-order valence-corrected chi connectivity index (χ4v) is 3.46. The average molecular weight is 423 g/mol. The Hall–Kier alpha value is -3.28. The Labute approximate surface area is 183 Å². The largest absolute Gasteiger partial charge is 0.509 e. The fraction of sp³-hybridized carbons (Fsp3) is 0.360. The van der Waals surface area contributed by atoms with Crippen LogP contribution in [0.2, 0.25) is 0 Å². The molecule has 1 aliphatic rings. The van der Waals surface area contributed by atoms with Crippen molar-refractivity contribution in [2.45, 2.75) is 52.0 Å². The molecule has 0 aromatic heterocycles. The van der Waals surface area contributed by atoms with Crippen LogP contribution in [0.5, 0.6) is 5.75 Å². The van der Waals surface area contributed by atoms with Crippen molar-refractivity contribution in [3.8, 4) is 5.75 Å². The van der Waals surface area contributed by atoms with Crippen LogP contribution in [0.15, 0.2) is 59.9 Å². The number of aryl methyl sites for hydroxylation is 1. The van der Waals surface area contributed by atoms with Gasteiger partial charge >= 0.3 is 0 Å². The molecular weight excluding hydrogens is 392 g/mol. The predicted octanol–water partition coefficient (Wildman–Crippen LogP) is 4.45. The number of rotatable bonds is 10. The van der Waals surface area contributed by atoms with Gasteiger partial charge in [0.15, 0.2) is 0 Å². The van der Waals surface area contributed by atoms with Gasteiger partial charge in [-0.3, -0.25) is 9.59 Å². The second kappa shape index (κ2) is 10.7. The van der Waals surface area contributed by atoms with E-state index in [0.29, 0.717) is 18.7 Å². The molecule has 0 saturated carbocycles. The van der Waals surface area contributed by atoms with E-state index in [-0.39, 0.29) is 11.3 Å². The molecule has 0 spiro atoms. The highest BCUT2D eigenvalue weighted by atomic mass is 16.5. The molecule has 2 aromatic rings. The molecule has 0 saturated heterocycles. The summed E-state index contributed by atoms with van der Waals surface area (Å²) in [6, 6.07) is 14.2. The standard InChI is InChI=1S/C25H30N2O4/c1-3-4-5-6-15-31-20-13-11-19(12-14-20)26-24(29)22-23(28)21(27-25(22)30)16-18-9-7-17(2)8-10-18/h7-14,21,28H,3-6,15-16H2,1-2H3,(H,26,29)(H,27,30). The lowest BCUT2D eigenvalue weighted by atomic mass is 10.0. The Kier molecular flexibility index (Phi) is 7.70. The van der Waals surface area contributed by atoms with E-state index in [0.717, 1.165) is 29.7 Å². The maximum atomic E-state index is 12.6. The van der Waals surface area contributed by atoms with Gasteiger partial charge < -0.3 is 20.5 Å². The minimum absolute atomic E-state index is 0.227. The first-order valence-electron chi connectivity index (χ1n) is 10.8. The van der Waals surface area contributed by atoms with Crippen LogP contribution in [0.4, 0.5) is 5.69 Å². The molecule has 164 valence electrons. The molecule has 0 fully saturated rings. The van der Waals surface area contributed by atoms with E-state index in [2.05, 4.69) is 17.6 Å². The molecule has 3 rings (SSSR count). The van der Waals surface area contributed by atoms with Crippen molar-refractivity contribution < 1.29 is 19.4 Å². The summed E-state index contributed by atoms with van der Waals surface area (Å²) < 4.78 is 5.70. The number of unbranched alkanes of at least 4 members (excludes halogenated alkanes) is 3. The molecule has 0 bridgehead atoms. The summed E-state index contributed by atoms with van der Waals surface area (Å²) in [5.74, 6) is -0.697. The van der Waals surface area contributed by atoms with Crippen LogP contribution in [0.3, 0.4) is 0 Å². The van der Waals surface area contributed by atoms with Gasteiger partial charge in [0.05, 0.1) is 12.6 Å². The first-order chi connectivity index (χ1) is 15.0. The number of aliphatic hydroxyl groups is 1. The van der Waals surface area contributed by atoms with Crippen LogP contribution in [0.25, 0.3) is 0 Å². The summed E-state index contributed by atoms with van der Waals surface area (Å²) in [6.07, 6.45) is 4.97. The van der Waals surface area contributed by atoms with Gasteiger partial charge in [0.25, 0.3) is 11.8 Å². The summed E-state index contributed by atoms with van der Waals surface area (Å²) in [4.78, 5) is 24.9. The van der Waals surface area contributed by atoms with Crippen LogP contribution in [0, 0.1) is 6.92 Å². The molecule has 1 aliphatic heterocycles. The number of amides is 2. The van der Waals surface area contributed by atoms with Crippen molar-refractivity contribution in [2.75, 3.05) is 11.9 Å². The van der Waals surface area contributed by atoms with Gasteiger partial charge in [-0.25, -0.2) is 0 Å². The van der Waals surface area contributed by atoms with E-state index in [1.54, 1.807) is 24.3 Å². The Morgan fingerprint density at radius 3 is 2.45 bits per heavy atom. The molecule has 1 heterocycles. The highest BCUT2D eigenvalue weighted by Crippen LogP contribution is 2.22. The summed E-state index contributed by atoms with van der Waals surface area (Å²) in [5.41, 5.74) is 2.38. The quantitative estimate of drug-likeness (QED) is 0.390. The zero-order valence-electron chi connectivity index (χ0n) is 18.1. The lowest BCUT2D eigenvalue weighted by molar-refractivity contribution is -0.120. The Balaban J connectivity index is 1.58. The smallest absolute Gasteiger partial charge is 0.264 e. The van der Waals surface area contributed by atoms with Gasteiger partial charge in [0, 0.05) is 5.69 Å². The zero-order chi connectivity index (χ0) is 22.2. The number of ether oxygens (including phenoxy) is 1. The molecule has 2 aromatic carbocycles. The Bertz CT molecular complexity index is 933. The average Bonchev–Trinajstić information content (AvgIpc) is 3.03. The SMILES string of the molecule is CCCCCCOc1ccc(NC(=O)C2=C(O)C(Cc3ccc(C)cc3)NC2=O)cc1. The van der Waals surface area contributed by atoms with E-state index in [1.165, 1.54) is 12.8 Å². The maximum Gasteiger partial charge on any atom is 0.264 e. The third kappa shape index (κ3) is 6.10. The molecule has 3 N–H and O–H groups in total. The molecule has 1 atom stereocenters. The second-order valence-electron chi connectivity index (χ2n) is 7.86. The van der Waals surface area contributed by atoms with E-state index in [1.807, 2.05) is 31.2 Å². The first kappa shape index (κ1) is 22.4. The zero-order valence-corrected chi connectivity index (χ0v) is 18.1. The highest BCUT2D eigenvalue weighted by Gasteiger charge is 2.36. The number of nitrogens with one attached hydrogen (secondary N) is 2. The molecule has 0 radical (unpaired) electrons. The monoisotopic (exact) mass is 422 g/mol. The van der Waals surface area contributed by atoms with Crippen molar-refractivity contribution in [2.24, 2.45) is 0 Å². The van der Waals surface area contributed by atoms with Gasteiger partial charge in [-0.15, -0.1) is 0 Å². The van der Waals surface area contributed by atoms with Crippen molar-refractivity contribution in [1.29, 1.82) is 0 Å². The van der Waals surface area contributed by atoms with Crippen LogP contribution in [-0.4, -0.2) is 29.6 Å². The highest BCUT2D eigenvalue weighted by molar-refractivity contribution is 6.24. The maximum absolute atomic E-state index is 12.6. The minimum Gasteiger partial charge on any atom is -0.509 e. The van der Waals surface area contributed by atoms with E-state index in [4.69, 9.17) is 4.74 Å². The number of aliphatic hydroxyl groups excluding tert-OH is 1. The van der Waals surface area contributed by atoms with Crippen molar-refractivity contribution in [1.82, 2.24) is 5.32 Å². The van der Waals surface area contributed by atoms with E-state index in [9.17, 15) is 14.7 Å². The minimum atomic E-state index is -0.630. The lowest BCUT2D eigenvalue weighted by Gasteiger charge is -2.11. The molecular formula is C25H30N2O4. The summed E-state index contributed by atoms with van der Waals surface area (Å²) in [5, 5.41) is 15.9. The molecule has 0 aliphatic carbocycles. The second-order valence-corrected chi connectivity index (χ2v) is 7.86. The molecule has 31 heavy (non-hydrogen) atoms. The number of hydrogen-bond donors (Lipinski definition) is 3. The van der Waals surface area contributed by atoms with Crippen LogP contribution in [-0.2, 0) is 16.0 Å². The number of anilines is 1. The normalized spacial score (nSPS) is 15.7. The number of carbonyl (C=O) groups is 2. The van der Waals surface area contributed by atoms with Crippen LogP contribution >= 0.6 is 0 Å². The number of benzene rings is 2. The summed E-state index contributed by atoms with van der Waals surface area (Å²) >= 11 is 0. The number of hydrogen-bond acceptors (Lipinski definition) is 4. The van der Waals surface area contributed by atoms with Gasteiger partial charge in [-0.2, -0.15) is 0 Å². The van der Waals surface area contributed by atoms with E-state index >= 15 is 0 Å². The van der Waals surface area contributed by atoms with Crippen molar-refractivity contribution in [3.63, 3.8) is 0 Å². The summed E-state index contributed by atoms with van der Waals surface area (Å²) in [6.45, 7) is 4.82. The molecule has 1 unspecified atom stereocenters. The van der Waals surface area contributed by atoms with Crippen molar-refractivity contribution in [3.05, 3.63) is 71.0 Å².